The van der Waals surface area contributed by atoms with Crippen molar-refractivity contribution in [3.63, 3.8) is 0 Å². The molecule has 1 atom stereocenters. The van der Waals surface area contributed by atoms with Gasteiger partial charge in [0.05, 0.1) is 0 Å². The van der Waals surface area contributed by atoms with Gasteiger partial charge in [0.2, 0.25) is 0 Å². The van der Waals surface area contributed by atoms with Crippen LogP contribution in [0.1, 0.15) is 19.8 Å². The standard InChI is InChI=1S/C6H13S2/c1-3-5(2)4-6(7)8/h5-8H,2-4H2,1H3. The molecule has 0 aliphatic rings. The Hall–Kier alpha value is 0.700. The Kier molecular flexibility index (Phi) is 4.97. The molecular weight excluding hydrogens is 136 g/mol. The van der Waals surface area contributed by atoms with Gasteiger partial charge in [0.1, 0.15) is 0 Å². The molecule has 2 heteroatoms. The first-order valence-corrected chi connectivity index (χ1v) is 3.89. The van der Waals surface area contributed by atoms with Gasteiger partial charge in [0.25, 0.3) is 0 Å². The molecule has 0 amide bonds. The molecule has 0 aromatic rings. The van der Waals surface area contributed by atoms with Crippen molar-refractivity contribution in [2.45, 2.75) is 24.3 Å². The van der Waals surface area contributed by atoms with E-state index in [-0.39, 0.29) is 4.58 Å². The molecule has 0 nitrogen and oxygen atoms in total. The molecule has 0 saturated carbocycles. The van der Waals surface area contributed by atoms with Crippen LogP contribution in [0, 0.1) is 12.8 Å². The van der Waals surface area contributed by atoms with E-state index < -0.39 is 0 Å². The maximum atomic E-state index is 4.12. The molecule has 0 N–H and O–H groups in total. The minimum absolute atomic E-state index is 0.206. The van der Waals surface area contributed by atoms with Crippen LogP contribution >= 0.6 is 25.3 Å². The third kappa shape index (κ3) is 4.85. The average Bonchev–Trinajstić information content (AvgIpc) is 1.65. The summed E-state index contributed by atoms with van der Waals surface area (Å²) < 4.78 is 0.206. The van der Waals surface area contributed by atoms with Gasteiger partial charge in [0.15, 0.2) is 0 Å². The van der Waals surface area contributed by atoms with Gasteiger partial charge in [-0.15, -0.1) is 0 Å². The fraction of sp³-hybridized carbons (Fsp3) is 0.833. The second kappa shape index (κ2) is 4.57. The van der Waals surface area contributed by atoms with E-state index in [0.717, 1.165) is 12.8 Å². The van der Waals surface area contributed by atoms with Gasteiger partial charge < -0.3 is 0 Å². The zero-order valence-electron chi connectivity index (χ0n) is 5.17. The van der Waals surface area contributed by atoms with Gasteiger partial charge in [-0.2, -0.15) is 25.3 Å². The highest BCUT2D eigenvalue weighted by molar-refractivity contribution is 7.99. The summed E-state index contributed by atoms with van der Waals surface area (Å²) in [5, 5.41) is 0. The fourth-order valence-corrected chi connectivity index (χ4v) is 1.06. The van der Waals surface area contributed by atoms with Crippen molar-refractivity contribution in [2.24, 2.45) is 5.92 Å². The van der Waals surface area contributed by atoms with Crippen molar-refractivity contribution >= 4 is 25.3 Å². The van der Waals surface area contributed by atoms with Crippen molar-refractivity contribution in [2.75, 3.05) is 0 Å². The van der Waals surface area contributed by atoms with Crippen molar-refractivity contribution in [3.8, 4) is 0 Å². The SMILES string of the molecule is [CH2]C(CC)CC(S)S. The van der Waals surface area contributed by atoms with E-state index in [1.165, 1.54) is 0 Å². The minimum atomic E-state index is 0.206. The fourth-order valence-electron chi connectivity index (χ4n) is 0.465. The topological polar surface area (TPSA) is 0 Å². The molecule has 0 spiro atoms. The maximum absolute atomic E-state index is 4.12. The normalized spacial score (nSPS) is 14.6. The van der Waals surface area contributed by atoms with Crippen LogP contribution in [0.15, 0.2) is 0 Å². The molecule has 0 aromatic carbocycles. The van der Waals surface area contributed by atoms with Gasteiger partial charge in [-0.1, -0.05) is 20.3 Å². The van der Waals surface area contributed by atoms with Gasteiger partial charge in [-0.25, -0.2) is 0 Å². The molecule has 0 rings (SSSR count). The zero-order valence-corrected chi connectivity index (χ0v) is 6.96. The minimum Gasteiger partial charge on any atom is -0.165 e. The highest BCUT2D eigenvalue weighted by atomic mass is 32.2. The predicted molar refractivity (Wildman–Crippen MR) is 45.5 cm³/mol. The first-order chi connectivity index (χ1) is 3.66. The molecule has 0 aromatic heterocycles. The smallest absolute Gasteiger partial charge is 0.0444 e. The van der Waals surface area contributed by atoms with Crippen LogP contribution in [0.5, 0.6) is 0 Å². The molecule has 0 heterocycles. The van der Waals surface area contributed by atoms with Crippen molar-refractivity contribution in [1.82, 2.24) is 0 Å². The van der Waals surface area contributed by atoms with E-state index >= 15 is 0 Å². The van der Waals surface area contributed by atoms with Crippen molar-refractivity contribution in [3.05, 3.63) is 6.92 Å². The quantitative estimate of drug-likeness (QED) is 0.447. The summed E-state index contributed by atoms with van der Waals surface area (Å²) in [6.45, 7) is 6.03. The van der Waals surface area contributed by atoms with Gasteiger partial charge >= 0.3 is 0 Å². The summed E-state index contributed by atoms with van der Waals surface area (Å²) in [4.78, 5) is 0. The lowest BCUT2D eigenvalue weighted by Gasteiger charge is -2.08. The van der Waals surface area contributed by atoms with E-state index in [4.69, 9.17) is 0 Å². The van der Waals surface area contributed by atoms with Gasteiger partial charge in [-0.05, 0) is 12.3 Å². The van der Waals surface area contributed by atoms with Crippen LogP contribution in [0.25, 0.3) is 0 Å². The summed E-state index contributed by atoms with van der Waals surface area (Å²) in [6, 6.07) is 0. The molecule has 1 unspecified atom stereocenters. The second-order valence-corrected chi connectivity index (χ2v) is 3.64. The van der Waals surface area contributed by atoms with E-state index in [0.29, 0.717) is 5.92 Å². The van der Waals surface area contributed by atoms with Crippen LogP contribution in [0.4, 0.5) is 0 Å². The lowest BCUT2D eigenvalue weighted by atomic mass is 10.1. The molecule has 0 aliphatic carbocycles. The second-order valence-electron chi connectivity index (χ2n) is 1.99. The first kappa shape index (κ1) is 8.70. The van der Waals surface area contributed by atoms with Crippen LogP contribution < -0.4 is 0 Å². The van der Waals surface area contributed by atoms with Crippen molar-refractivity contribution in [1.29, 1.82) is 0 Å². The van der Waals surface area contributed by atoms with Crippen molar-refractivity contribution < 1.29 is 0 Å². The zero-order chi connectivity index (χ0) is 6.57. The first-order valence-electron chi connectivity index (χ1n) is 2.86. The highest BCUT2D eigenvalue weighted by Gasteiger charge is 2.01. The molecule has 0 fully saturated rings. The predicted octanol–water partition coefficient (Wildman–Crippen LogP) is 2.42. The van der Waals surface area contributed by atoms with Crippen LogP contribution in [0.3, 0.4) is 0 Å². The molecule has 0 saturated heterocycles. The molecule has 0 aliphatic heterocycles. The third-order valence-electron chi connectivity index (χ3n) is 1.12. The monoisotopic (exact) mass is 149 g/mol. The number of thiol groups is 2. The van der Waals surface area contributed by atoms with E-state index in [9.17, 15) is 0 Å². The van der Waals surface area contributed by atoms with Crippen LogP contribution in [-0.2, 0) is 0 Å². The average molecular weight is 149 g/mol. The van der Waals surface area contributed by atoms with Gasteiger partial charge in [-0.3, -0.25) is 0 Å². The lowest BCUT2D eigenvalue weighted by Crippen LogP contribution is -1.98. The molecule has 49 valence electrons. The number of rotatable bonds is 3. The Balaban J connectivity index is 3.10. The van der Waals surface area contributed by atoms with Gasteiger partial charge in [0, 0.05) is 4.58 Å². The Morgan fingerprint density at radius 3 is 2.12 bits per heavy atom. The molecule has 1 radical (unpaired) electrons. The van der Waals surface area contributed by atoms with E-state index in [1.54, 1.807) is 0 Å². The Bertz CT molecular complexity index is 52.5. The Morgan fingerprint density at radius 2 is 2.00 bits per heavy atom. The summed E-state index contributed by atoms with van der Waals surface area (Å²) in [7, 11) is 0. The summed E-state index contributed by atoms with van der Waals surface area (Å²) >= 11 is 8.23. The van der Waals surface area contributed by atoms with E-state index in [1.807, 2.05) is 0 Å². The summed E-state index contributed by atoms with van der Waals surface area (Å²) in [6.07, 6.45) is 2.13. The molecule has 8 heavy (non-hydrogen) atoms. The molecule has 0 bridgehead atoms. The van der Waals surface area contributed by atoms with Crippen LogP contribution in [0.2, 0.25) is 0 Å². The number of hydrogen-bond acceptors (Lipinski definition) is 2. The van der Waals surface area contributed by atoms with Crippen LogP contribution in [-0.4, -0.2) is 4.58 Å². The lowest BCUT2D eigenvalue weighted by molar-refractivity contribution is 0.599. The maximum Gasteiger partial charge on any atom is 0.0444 e. The number of hydrogen-bond donors (Lipinski definition) is 2. The summed E-state index contributed by atoms with van der Waals surface area (Å²) in [5.74, 6) is 0.523. The van der Waals surface area contributed by atoms with E-state index in [2.05, 4.69) is 39.1 Å². The highest BCUT2D eigenvalue weighted by Crippen LogP contribution is 2.15. The molecular formula is C6H13S2. The Morgan fingerprint density at radius 1 is 1.50 bits per heavy atom. The third-order valence-corrected chi connectivity index (χ3v) is 1.54. The summed E-state index contributed by atoms with van der Waals surface area (Å²) in [5.41, 5.74) is 0. The largest absolute Gasteiger partial charge is 0.165 e. The Labute approximate surface area is 62.9 Å².